The molecule has 1 N–H and O–H groups in total. The number of carbonyl (C=O) groups is 1. The summed E-state index contributed by atoms with van der Waals surface area (Å²) < 4.78 is 41.3. The summed E-state index contributed by atoms with van der Waals surface area (Å²) in [6.45, 7) is 0. The first-order valence-corrected chi connectivity index (χ1v) is 3.85. The van der Waals surface area contributed by atoms with Gasteiger partial charge in [0.15, 0.2) is 0 Å². The van der Waals surface area contributed by atoms with E-state index in [1.807, 2.05) is 0 Å². The molecule has 0 saturated carbocycles. The number of methoxy groups -OCH3 is 1. The molecule has 0 spiro atoms. The van der Waals surface area contributed by atoms with Gasteiger partial charge < -0.3 is 9.84 Å². The molecular formula is C9H7F3O3. The summed E-state index contributed by atoms with van der Waals surface area (Å²) in [5.41, 5.74) is -1.84. The number of hydrogen-bond donors (Lipinski definition) is 1. The summed E-state index contributed by atoms with van der Waals surface area (Å²) in [5.74, 6) is -1.57. The van der Waals surface area contributed by atoms with E-state index < -0.39 is 29.0 Å². The molecule has 0 aromatic heterocycles. The standard InChI is InChI=1S/C9H7F3O3/c1-15-8(14)6-4-5(13)2-3-7(6)9(10,11)12/h2-4,13H,1H3. The number of phenols is 1. The van der Waals surface area contributed by atoms with E-state index >= 15 is 0 Å². The third kappa shape index (κ3) is 2.39. The number of aromatic hydroxyl groups is 1. The SMILES string of the molecule is COC(=O)c1cc(O)ccc1C(F)(F)F. The van der Waals surface area contributed by atoms with Gasteiger partial charge in [-0.15, -0.1) is 0 Å². The predicted octanol–water partition coefficient (Wildman–Crippen LogP) is 2.20. The van der Waals surface area contributed by atoms with Crippen LogP contribution in [0.25, 0.3) is 0 Å². The smallest absolute Gasteiger partial charge is 0.417 e. The van der Waals surface area contributed by atoms with Crippen LogP contribution in [0.5, 0.6) is 5.75 Å². The van der Waals surface area contributed by atoms with Crippen molar-refractivity contribution in [2.75, 3.05) is 7.11 Å². The molecule has 1 aromatic rings. The van der Waals surface area contributed by atoms with E-state index in [9.17, 15) is 18.0 Å². The van der Waals surface area contributed by atoms with Gasteiger partial charge in [-0.25, -0.2) is 4.79 Å². The van der Waals surface area contributed by atoms with Gasteiger partial charge in [0, 0.05) is 0 Å². The van der Waals surface area contributed by atoms with Gasteiger partial charge in [0.1, 0.15) is 5.75 Å². The number of alkyl halides is 3. The van der Waals surface area contributed by atoms with Crippen LogP contribution in [0.1, 0.15) is 15.9 Å². The zero-order chi connectivity index (χ0) is 11.6. The zero-order valence-electron chi connectivity index (χ0n) is 7.63. The van der Waals surface area contributed by atoms with Crippen LogP contribution in [0.2, 0.25) is 0 Å². The number of esters is 1. The highest BCUT2D eigenvalue weighted by atomic mass is 19.4. The Morgan fingerprint density at radius 2 is 2.00 bits per heavy atom. The van der Waals surface area contributed by atoms with Crippen molar-refractivity contribution in [2.24, 2.45) is 0 Å². The summed E-state index contributed by atoms with van der Waals surface area (Å²) in [4.78, 5) is 11.0. The minimum Gasteiger partial charge on any atom is -0.508 e. The first-order valence-electron chi connectivity index (χ1n) is 3.85. The molecule has 0 aliphatic heterocycles. The van der Waals surface area contributed by atoms with Crippen molar-refractivity contribution in [1.29, 1.82) is 0 Å². The van der Waals surface area contributed by atoms with E-state index in [0.29, 0.717) is 12.1 Å². The topological polar surface area (TPSA) is 46.5 Å². The molecule has 0 atom stereocenters. The summed E-state index contributed by atoms with van der Waals surface area (Å²) in [7, 11) is 0.965. The molecule has 15 heavy (non-hydrogen) atoms. The second-order valence-corrected chi connectivity index (χ2v) is 2.72. The van der Waals surface area contributed by atoms with Crippen LogP contribution in [-0.2, 0) is 10.9 Å². The Bertz CT molecular complexity index is 385. The van der Waals surface area contributed by atoms with Gasteiger partial charge in [0.2, 0.25) is 0 Å². The van der Waals surface area contributed by atoms with E-state index in [1.165, 1.54) is 0 Å². The molecule has 82 valence electrons. The lowest BCUT2D eigenvalue weighted by Gasteiger charge is -2.11. The highest BCUT2D eigenvalue weighted by Gasteiger charge is 2.35. The highest BCUT2D eigenvalue weighted by Crippen LogP contribution is 2.33. The summed E-state index contributed by atoms with van der Waals surface area (Å²) in [5, 5.41) is 8.97. The van der Waals surface area contributed by atoms with Crippen molar-refractivity contribution in [1.82, 2.24) is 0 Å². The first kappa shape index (κ1) is 11.4. The normalized spacial score (nSPS) is 11.2. The van der Waals surface area contributed by atoms with Crippen molar-refractivity contribution in [3.63, 3.8) is 0 Å². The van der Waals surface area contributed by atoms with Gasteiger partial charge in [0.25, 0.3) is 0 Å². The molecule has 6 heteroatoms. The molecule has 0 bridgehead atoms. The Labute approximate surface area is 83.1 Å². The molecule has 0 aliphatic carbocycles. The second-order valence-electron chi connectivity index (χ2n) is 2.72. The number of rotatable bonds is 1. The Morgan fingerprint density at radius 3 is 2.47 bits per heavy atom. The minimum atomic E-state index is -4.66. The van der Waals surface area contributed by atoms with Crippen molar-refractivity contribution >= 4 is 5.97 Å². The van der Waals surface area contributed by atoms with Gasteiger partial charge in [0.05, 0.1) is 18.2 Å². The predicted molar refractivity (Wildman–Crippen MR) is 44.4 cm³/mol. The van der Waals surface area contributed by atoms with Crippen molar-refractivity contribution in [3.05, 3.63) is 29.3 Å². The Balaban J connectivity index is 3.33. The molecule has 1 rings (SSSR count). The fourth-order valence-corrected chi connectivity index (χ4v) is 1.06. The van der Waals surface area contributed by atoms with Gasteiger partial charge in [-0.05, 0) is 18.2 Å². The number of halogens is 3. The average Bonchev–Trinajstić information content (AvgIpc) is 2.14. The zero-order valence-corrected chi connectivity index (χ0v) is 7.63. The summed E-state index contributed by atoms with van der Waals surface area (Å²) in [6, 6.07) is 2.20. The molecule has 0 radical (unpaired) electrons. The fourth-order valence-electron chi connectivity index (χ4n) is 1.06. The first-order chi connectivity index (χ1) is 6.86. The number of ether oxygens (including phenoxy) is 1. The van der Waals surface area contributed by atoms with Gasteiger partial charge in [-0.3, -0.25) is 0 Å². The second kappa shape index (κ2) is 3.80. The molecule has 0 saturated heterocycles. The lowest BCUT2D eigenvalue weighted by Crippen LogP contribution is -2.13. The largest absolute Gasteiger partial charge is 0.508 e. The molecule has 0 unspecified atom stereocenters. The maximum absolute atomic E-state index is 12.4. The molecule has 3 nitrogen and oxygen atoms in total. The van der Waals surface area contributed by atoms with E-state index in [-0.39, 0.29) is 0 Å². The Kier molecular flexibility index (Phi) is 2.88. The molecular weight excluding hydrogens is 213 g/mol. The van der Waals surface area contributed by atoms with Crippen LogP contribution in [0.4, 0.5) is 13.2 Å². The van der Waals surface area contributed by atoms with Crippen molar-refractivity contribution in [2.45, 2.75) is 6.18 Å². The van der Waals surface area contributed by atoms with E-state index in [0.717, 1.165) is 13.2 Å². The highest BCUT2D eigenvalue weighted by molar-refractivity contribution is 5.91. The van der Waals surface area contributed by atoms with Crippen LogP contribution < -0.4 is 0 Å². The molecule has 0 amide bonds. The third-order valence-corrected chi connectivity index (χ3v) is 1.71. The lowest BCUT2D eigenvalue weighted by molar-refractivity contribution is -0.138. The van der Waals surface area contributed by atoms with Crippen molar-refractivity contribution < 1.29 is 27.8 Å². The fraction of sp³-hybridized carbons (Fsp3) is 0.222. The number of phenolic OH excluding ortho intramolecular Hbond substituents is 1. The molecule has 0 aliphatic rings. The Hall–Kier alpha value is -1.72. The van der Waals surface area contributed by atoms with Crippen LogP contribution >= 0.6 is 0 Å². The monoisotopic (exact) mass is 220 g/mol. The van der Waals surface area contributed by atoms with E-state index in [2.05, 4.69) is 4.74 Å². The molecule has 1 aromatic carbocycles. The van der Waals surface area contributed by atoms with Crippen LogP contribution in [0.3, 0.4) is 0 Å². The molecule has 0 heterocycles. The van der Waals surface area contributed by atoms with Crippen LogP contribution in [0, 0.1) is 0 Å². The van der Waals surface area contributed by atoms with E-state index in [1.54, 1.807) is 0 Å². The van der Waals surface area contributed by atoms with Crippen LogP contribution in [-0.4, -0.2) is 18.2 Å². The van der Waals surface area contributed by atoms with Crippen LogP contribution in [0.15, 0.2) is 18.2 Å². The van der Waals surface area contributed by atoms with E-state index in [4.69, 9.17) is 5.11 Å². The number of benzene rings is 1. The summed E-state index contributed by atoms with van der Waals surface area (Å²) >= 11 is 0. The maximum atomic E-state index is 12.4. The lowest BCUT2D eigenvalue weighted by atomic mass is 10.1. The maximum Gasteiger partial charge on any atom is 0.417 e. The minimum absolute atomic E-state index is 0.427. The Morgan fingerprint density at radius 1 is 1.40 bits per heavy atom. The van der Waals surface area contributed by atoms with Gasteiger partial charge >= 0.3 is 12.1 Å². The van der Waals surface area contributed by atoms with Gasteiger partial charge in [-0.1, -0.05) is 0 Å². The number of carbonyl (C=O) groups excluding carboxylic acids is 1. The third-order valence-electron chi connectivity index (χ3n) is 1.71. The average molecular weight is 220 g/mol. The number of hydrogen-bond acceptors (Lipinski definition) is 3. The summed E-state index contributed by atoms with van der Waals surface area (Å²) in [6.07, 6.45) is -4.66. The van der Waals surface area contributed by atoms with Crippen molar-refractivity contribution in [3.8, 4) is 5.75 Å². The molecule has 0 fully saturated rings. The van der Waals surface area contributed by atoms with Gasteiger partial charge in [-0.2, -0.15) is 13.2 Å². The quantitative estimate of drug-likeness (QED) is 0.738.